The van der Waals surface area contributed by atoms with E-state index in [0.717, 1.165) is 37.7 Å². The van der Waals surface area contributed by atoms with Crippen molar-refractivity contribution >= 4 is 23.5 Å². The summed E-state index contributed by atoms with van der Waals surface area (Å²) < 4.78 is 4.59. The van der Waals surface area contributed by atoms with E-state index in [4.69, 9.17) is 11.6 Å². The number of esters is 1. The summed E-state index contributed by atoms with van der Waals surface area (Å²) in [5.74, 6) is 0.809. The van der Waals surface area contributed by atoms with Crippen LogP contribution in [0.4, 0.5) is 0 Å². The lowest BCUT2D eigenvalue weighted by molar-refractivity contribution is -0.143. The van der Waals surface area contributed by atoms with Crippen LogP contribution in [0.2, 0.25) is 5.02 Å². The Bertz CT molecular complexity index is 608. The SMILES string of the molecule is COC(=O)CCC(=O)N1C[C@@H]2CN(Cc3cccc(Cl)c3)C[C@H]2C1. The largest absolute Gasteiger partial charge is 0.469 e. The monoisotopic (exact) mass is 350 g/mol. The molecule has 1 aromatic rings. The number of methoxy groups -OCH3 is 1. The zero-order valence-electron chi connectivity index (χ0n) is 13.9. The van der Waals surface area contributed by atoms with Crippen molar-refractivity contribution in [1.29, 1.82) is 0 Å². The molecule has 5 nitrogen and oxygen atoms in total. The summed E-state index contributed by atoms with van der Waals surface area (Å²) in [6.45, 7) is 4.53. The fraction of sp³-hybridized carbons (Fsp3) is 0.556. The Morgan fingerprint density at radius 2 is 1.88 bits per heavy atom. The van der Waals surface area contributed by atoms with E-state index >= 15 is 0 Å². The van der Waals surface area contributed by atoms with Crippen molar-refractivity contribution in [3.63, 3.8) is 0 Å². The van der Waals surface area contributed by atoms with E-state index in [1.165, 1.54) is 12.7 Å². The molecule has 0 saturated carbocycles. The number of fused-ring (bicyclic) bond motifs is 1. The first-order chi connectivity index (χ1) is 11.5. The van der Waals surface area contributed by atoms with Crippen LogP contribution in [0.5, 0.6) is 0 Å². The molecule has 2 aliphatic rings. The molecule has 1 aromatic carbocycles. The number of rotatable bonds is 5. The van der Waals surface area contributed by atoms with E-state index < -0.39 is 0 Å². The first-order valence-corrected chi connectivity index (χ1v) is 8.74. The Morgan fingerprint density at radius 3 is 2.50 bits per heavy atom. The van der Waals surface area contributed by atoms with E-state index in [2.05, 4.69) is 15.7 Å². The number of nitrogens with zero attached hydrogens (tertiary/aromatic N) is 2. The molecule has 0 bridgehead atoms. The number of ether oxygens (including phenoxy) is 1. The second-order valence-electron chi connectivity index (χ2n) is 6.72. The normalized spacial score (nSPS) is 23.3. The predicted molar refractivity (Wildman–Crippen MR) is 91.5 cm³/mol. The third-order valence-electron chi connectivity index (χ3n) is 4.98. The van der Waals surface area contributed by atoms with Gasteiger partial charge in [0.1, 0.15) is 0 Å². The second kappa shape index (κ2) is 7.53. The predicted octanol–water partition coefficient (Wildman–Crippen LogP) is 2.18. The molecule has 2 aliphatic heterocycles. The van der Waals surface area contributed by atoms with Crippen LogP contribution in [0, 0.1) is 11.8 Å². The number of likely N-dealkylation sites (tertiary alicyclic amines) is 2. The highest BCUT2D eigenvalue weighted by Gasteiger charge is 2.41. The van der Waals surface area contributed by atoms with Gasteiger partial charge in [0.15, 0.2) is 0 Å². The van der Waals surface area contributed by atoms with Crippen LogP contribution in [-0.4, -0.2) is 55.0 Å². The Kier molecular flexibility index (Phi) is 5.41. The summed E-state index contributed by atoms with van der Waals surface area (Å²) in [7, 11) is 1.35. The molecule has 2 fully saturated rings. The zero-order chi connectivity index (χ0) is 17.1. The number of halogens is 1. The highest BCUT2D eigenvalue weighted by atomic mass is 35.5. The highest BCUT2D eigenvalue weighted by Crippen LogP contribution is 2.32. The third-order valence-corrected chi connectivity index (χ3v) is 5.22. The molecular weight excluding hydrogens is 328 g/mol. The molecule has 0 N–H and O–H groups in total. The molecule has 0 unspecified atom stereocenters. The molecule has 1 amide bonds. The molecule has 24 heavy (non-hydrogen) atoms. The second-order valence-corrected chi connectivity index (χ2v) is 7.16. The number of carbonyl (C=O) groups is 2. The number of carbonyl (C=O) groups excluding carboxylic acids is 2. The van der Waals surface area contributed by atoms with E-state index in [9.17, 15) is 9.59 Å². The Morgan fingerprint density at radius 1 is 1.17 bits per heavy atom. The average Bonchev–Trinajstić information content (AvgIpc) is 3.10. The van der Waals surface area contributed by atoms with Crippen LogP contribution in [0.15, 0.2) is 24.3 Å². The Hall–Kier alpha value is -1.59. The molecule has 0 aliphatic carbocycles. The maximum atomic E-state index is 12.2. The summed E-state index contributed by atoms with van der Waals surface area (Å²) >= 11 is 6.05. The first kappa shape index (κ1) is 17.2. The summed E-state index contributed by atoms with van der Waals surface area (Å²) in [4.78, 5) is 27.7. The molecule has 2 heterocycles. The van der Waals surface area contributed by atoms with Crippen molar-refractivity contribution < 1.29 is 14.3 Å². The summed E-state index contributed by atoms with van der Waals surface area (Å²) in [5, 5.41) is 0.772. The van der Waals surface area contributed by atoms with E-state index in [0.29, 0.717) is 11.8 Å². The molecule has 0 aromatic heterocycles. The van der Waals surface area contributed by atoms with E-state index in [1.807, 2.05) is 23.1 Å². The molecule has 2 saturated heterocycles. The van der Waals surface area contributed by atoms with Crippen LogP contribution in [0.25, 0.3) is 0 Å². The number of hydrogen-bond donors (Lipinski definition) is 0. The van der Waals surface area contributed by atoms with Gasteiger partial charge in [0.25, 0.3) is 0 Å². The van der Waals surface area contributed by atoms with Crippen molar-refractivity contribution in [3.8, 4) is 0 Å². The van der Waals surface area contributed by atoms with Crippen LogP contribution < -0.4 is 0 Å². The lowest BCUT2D eigenvalue weighted by Gasteiger charge is -2.21. The Balaban J connectivity index is 1.47. The topological polar surface area (TPSA) is 49.9 Å². The quantitative estimate of drug-likeness (QED) is 0.764. The molecule has 0 radical (unpaired) electrons. The molecule has 3 rings (SSSR count). The number of amides is 1. The number of hydrogen-bond acceptors (Lipinski definition) is 4. The standard InChI is InChI=1S/C18H23ClN2O3/c1-24-18(23)6-5-17(22)21-11-14-9-20(10-15(14)12-21)8-13-3-2-4-16(19)7-13/h2-4,7,14-15H,5-6,8-12H2,1H3/t14-,15-/m0/s1. The maximum Gasteiger partial charge on any atom is 0.306 e. The lowest BCUT2D eigenvalue weighted by atomic mass is 10.0. The van der Waals surface area contributed by atoms with Gasteiger partial charge in [-0.3, -0.25) is 14.5 Å². The van der Waals surface area contributed by atoms with Gasteiger partial charge in [-0.15, -0.1) is 0 Å². The molecular formula is C18H23ClN2O3. The van der Waals surface area contributed by atoms with Gasteiger partial charge in [-0.2, -0.15) is 0 Å². The van der Waals surface area contributed by atoms with Gasteiger partial charge in [-0.1, -0.05) is 23.7 Å². The minimum absolute atomic E-state index is 0.0659. The van der Waals surface area contributed by atoms with Gasteiger partial charge >= 0.3 is 5.97 Å². The van der Waals surface area contributed by atoms with Crippen LogP contribution in [-0.2, 0) is 20.9 Å². The summed E-state index contributed by atoms with van der Waals surface area (Å²) in [5.41, 5.74) is 1.23. The smallest absolute Gasteiger partial charge is 0.306 e. The highest BCUT2D eigenvalue weighted by molar-refractivity contribution is 6.30. The van der Waals surface area contributed by atoms with Crippen LogP contribution in [0.1, 0.15) is 18.4 Å². The Labute approximate surface area is 147 Å². The van der Waals surface area contributed by atoms with Crippen molar-refractivity contribution in [1.82, 2.24) is 9.80 Å². The molecule has 130 valence electrons. The zero-order valence-corrected chi connectivity index (χ0v) is 14.7. The van der Waals surface area contributed by atoms with Gasteiger partial charge in [0.05, 0.1) is 13.5 Å². The molecule has 6 heteroatoms. The van der Waals surface area contributed by atoms with Crippen molar-refractivity contribution in [3.05, 3.63) is 34.9 Å². The van der Waals surface area contributed by atoms with Gasteiger partial charge in [-0.05, 0) is 29.5 Å². The number of benzene rings is 1. The van der Waals surface area contributed by atoms with E-state index in [1.54, 1.807) is 0 Å². The molecule has 2 atom stereocenters. The lowest BCUT2D eigenvalue weighted by Crippen LogP contribution is -2.33. The van der Waals surface area contributed by atoms with Gasteiger partial charge in [-0.25, -0.2) is 0 Å². The summed E-state index contributed by atoms with van der Waals surface area (Å²) in [6.07, 6.45) is 0.417. The minimum atomic E-state index is -0.324. The van der Waals surface area contributed by atoms with Gasteiger partial charge in [0.2, 0.25) is 5.91 Å². The first-order valence-electron chi connectivity index (χ1n) is 8.36. The van der Waals surface area contributed by atoms with Gasteiger partial charge < -0.3 is 9.64 Å². The average molecular weight is 351 g/mol. The minimum Gasteiger partial charge on any atom is -0.469 e. The third kappa shape index (κ3) is 4.08. The van der Waals surface area contributed by atoms with Crippen LogP contribution in [0.3, 0.4) is 0 Å². The van der Waals surface area contributed by atoms with Crippen LogP contribution >= 0.6 is 11.6 Å². The van der Waals surface area contributed by atoms with Crippen molar-refractivity contribution in [2.24, 2.45) is 11.8 Å². The van der Waals surface area contributed by atoms with Crippen molar-refractivity contribution in [2.45, 2.75) is 19.4 Å². The molecule has 0 spiro atoms. The fourth-order valence-electron chi connectivity index (χ4n) is 3.79. The van der Waals surface area contributed by atoms with Crippen molar-refractivity contribution in [2.75, 3.05) is 33.3 Å². The van der Waals surface area contributed by atoms with Gasteiger partial charge in [0, 0.05) is 44.2 Å². The fourth-order valence-corrected chi connectivity index (χ4v) is 4.00. The maximum absolute atomic E-state index is 12.2. The van der Waals surface area contributed by atoms with E-state index in [-0.39, 0.29) is 24.7 Å². The summed E-state index contributed by atoms with van der Waals surface area (Å²) in [6, 6.07) is 7.98.